The first kappa shape index (κ1) is 11.1. The highest BCUT2D eigenvalue weighted by molar-refractivity contribution is 4.91. The molecule has 0 aromatic carbocycles. The Bertz CT molecular complexity index is 178. The van der Waals surface area contributed by atoms with E-state index in [4.69, 9.17) is 11.5 Å². The van der Waals surface area contributed by atoms with Crippen molar-refractivity contribution >= 4 is 0 Å². The van der Waals surface area contributed by atoms with Crippen molar-refractivity contribution in [2.45, 2.75) is 12.5 Å². The van der Waals surface area contributed by atoms with Gasteiger partial charge in [-0.1, -0.05) is 12.2 Å². The standard InChI is InChI=1S/C10H20N4/c11-4-1-3-10-9-13-6-8-14(10)7-2-5-12/h1-2,4-5,10,13H,3,6-9,11-12H2. The van der Waals surface area contributed by atoms with E-state index in [-0.39, 0.29) is 0 Å². The van der Waals surface area contributed by atoms with Crippen molar-refractivity contribution in [3.63, 3.8) is 0 Å². The largest absolute Gasteiger partial charge is 0.405 e. The quantitative estimate of drug-likeness (QED) is 0.572. The molecule has 4 heteroatoms. The van der Waals surface area contributed by atoms with E-state index in [0.29, 0.717) is 6.04 Å². The van der Waals surface area contributed by atoms with Gasteiger partial charge in [-0.15, -0.1) is 0 Å². The van der Waals surface area contributed by atoms with Gasteiger partial charge >= 0.3 is 0 Å². The van der Waals surface area contributed by atoms with Gasteiger partial charge in [0.1, 0.15) is 0 Å². The second kappa shape index (κ2) is 6.45. The lowest BCUT2D eigenvalue weighted by molar-refractivity contribution is 0.180. The molecule has 0 saturated carbocycles. The second-order valence-electron chi connectivity index (χ2n) is 3.44. The highest BCUT2D eigenvalue weighted by Crippen LogP contribution is 2.07. The van der Waals surface area contributed by atoms with Gasteiger partial charge in [0.25, 0.3) is 0 Å². The Kier molecular flexibility index (Phi) is 5.11. The van der Waals surface area contributed by atoms with Crippen LogP contribution in [0.2, 0.25) is 0 Å². The van der Waals surface area contributed by atoms with E-state index in [9.17, 15) is 0 Å². The van der Waals surface area contributed by atoms with Crippen molar-refractivity contribution in [2.24, 2.45) is 11.5 Å². The van der Waals surface area contributed by atoms with E-state index in [1.54, 1.807) is 12.4 Å². The first-order valence-electron chi connectivity index (χ1n) is 5.06. The smallest absolute Gasteiger partial charge is 0.0259 e. The number of piperazine rings is 1. The van der Waals surface area contributed by atoms with Crippen molar-refractivity contribution < 1.29 is 0 Å². The zero-order valence-corrected chi connectivity index (χ0v) is 8.52. The number of hydrogen-bond acceptors (Lipinski definition) is 4. The molecule has 1 unspecified atom stereocenters. The first-order chi connectivity index (χ1) is 6.88. The lowest BCUT2D eigenvalue weighted by Crippen LogP contribution is -2.50. The van der Waals surface area contributed by atoms with Crippen LogP contribution in [0, 0.1) is 0 Å². The summed E-state index contributed by atoms with van der Waals surface area (Å²) in [6, 6.07) is 0.541. The topological polar surface area (TPSA) is 67.3 Å². The highest BCUT2D eigenvalue weighted by atomic mass is 15.2. The molecule has 0 bridgehead atoms. The molecule has 14 heavy (non-hydrogen) atoms. The fraction of sp³-hybridized carbons (Fsp3) is 0.600. The Hall–Kier alpha value is -1.00. The average molecular weight is 196 g/mol. The Morgan fingerprint density at radius 3 is 2.79 bits per heavy atom. The molecule has 1 rings (SSSR count). The normalized spacial score (nSPS) is 25.0. The molecule has 0 spiro atoms. The van der Waals surface area contributed by atoms with Crippen molar-refractivity contribution in [2.75, 3.05) is 26.2 Å². The Morgan fingerprint density at radius 2 is 2.07 bits per heavy atom. The molecular formula is C10H20N4. The number of nitrogens with two attached hydrogens (primary N) is 2. The summed E-state index contributed by atoms with van der Waals surface area (Å²) in [4.78, 5) is 2.42. The molecule has 80 valence electrons. The minimum absolute atomic E-state index is 0.541. The zero-order valence-electron chi connectivity index (χ0n) is 8.52. The van der Waals surface area contributed by atoms with Crippen molar-refractivity contribution in [1.82, 2.24) is 10.2 Å². The van der Waals surface area contributed by atoms with E-state index in [1.807, 2.05) is 12.2 Å². The van der Waals surface area contributed by atoms with Gasteiger partial charge in [-0.25, -0.2) is 0 Å². The van der Waals surface area contributed by atoms with Crippen LogP contribution in [0.1, 0.15) is 6.42 Å². The SMILES string of the molecule is NC=CCC1CNCCN1CC=CN. The van der Waals surface area contributed by atoms with E-state index in [2.05, 4.69) is 10.2 Å². The molecule has 1 atom stereocenters. The molecule has 1 fully saturated rings. The number of hydrogen-bond donors (Lipinski definition) is 3. The molecule has 1 aliphatic rings. The van der Waals surface area contributed by atoms with Crippen LogP contribution in [0.4, 0.5) is 0 Å². The summed E-state index contributed by atoms with van der Waals surface area (Å²) in [5, 5.41) is 3.38. The van der Waals surface area contributed by atoms with Crippen LogP contribution in [0.3, 0.4) is 0 Å². The van der Waals surface area contributed by atoms with E-state index in [1.165, 1.54) is 0 Å². The van der Waals surface area contributed by atoms with Gasteiger partial charge in [0.15, 0.2) is 0 Å². The van der Waals surface area contributed by atoms with Crippen LogP contribution in [0.15, 0.2) is 24.6 Å². The Morgan fingerprint density at radius 1 is 1.29 bits per heavy atom. The van der Waals surface area contributed by atoms with E-state index in [0.717, 1.165) is 32.6 Å². The van der Waals surface area contributed by atoms with Crippen LogP contribution >= 0.6 is 0 Å². The molecule has 0 radical (unpaired) electrons. The summed E-state index contributed by atoms with van der Waals surface area (Å²) in [5.74, 6) is 0. The predicted molar refractivity (Wildman–Crippen MR) is 59.5 cm³/mol. The summed E-state index contributed by atoms with van der Waals surface area (Å²) in [5.41, 5.74) is 10.7. The van der Waals surface area contributed by atoms with E-state index < -0.39 is 0 Å². The Labute approximate surface area is 85.6 Å². The fourth-order valence-electron chi connectivity index (χ4n) is 1.71. The molecule has 1 saturated heterocycles. The van der Waals surface area contributed by atoms with Gasteiger partial charge in [-0.2, -0.15) is 0 Å². The second-order valence-corrected chi connectivity index (χ2v) is 3.44. The maximum absolute atomic E-state index is 5.34. The summed E-state index contributed by atoms with van der Waals surface area (Å²) >= 11 is 0. The lowest BCUT2D eigenvalue weighted by Gasteiger charge is -2.34. The summed E-state index contributed by atoms with van der Waals surface area (Å²) in [6.45, 7) is 4.10. The molecule has 0 amide bonds. The molecule has 1 heterocycles. The molecule has 0 aliphatic carbocycles. The molecule has 0 aromatic rings. The molecular weight excluding hydrogens is 176 g/mol. The van der Waals surface area contributed by atoms with Gasteiger partial charge in [0.2, 0.25) is 0 Å². The van der Waals surface area contributed by atoms with Gasteiger partial charge < -0.3 is 16.8 Å². The summed E-state index contributed by atoms with van der Waals surface area (Å²) < 4.78 is 0. The third-order valence-electron chi connectivity index (χ3n) is 2.49. The first-order valence-corrected chi connectivity index (χ1v) is 5.06. The Balaban J connectivity index is 2.41. The van der Waals surface area contributed by atoms with Crippen LogP contribution in [-0.4, -0.2) is 37.1 Å². The number of nitrogens with zero attached hydrogens (tertiary/aromatic N) is 1. The molecule has 4 nitrogen and oxygen atoms in total. The zero-order chi connectivity index (χ0) is 10.2. The fourth-order valence-corrected chi connectivity index (χ4v) is 1.71. The molecule has 0 aromatic heterocycles. The molecule has 5 N–H and O–H groups in total. The van der Waals surface area contributed by atoms with Gasteiger partial charge in [0.05, 0.1) is 0 Å². The van der Waals surface area contributed by atoms with Gasteiger partial charge in [-0.05, 0) is 18.8 Å². The van der Waals surface area contributed by atoms with Crippen molar-refractivity contribution in [3.05, 3.63) is 24.6 Å². The third kappa shape index (κ3) is 3.40. The van der Waals surface area contributed by atoms with Crippen LogP contribution in [0.25, 0.3) is 0 Å². The number of nitrogens with one attached hydrogen (secondary N) is 1. The minimum Gasteiger partial charge on any atom is -0.405 e. The van der Waals surface area contributed by atoms with Crippen LogP contribution < -0.4 is 16.8 Å². The van der Waals surface area contributed by atoms with Crippen molar-refractivity contribution in [1.29, 1.82) is 0 Å². The summed E-state index contributed by atoms with van der Waals surface area (Å²) in [6.07, 6.45) is 8.23. The monoisotopic (exact) mass is 196 g/mol. The predicted octanol–water partition coefficient (Wildman–Crippen LogP) is -0.405. The summed E-state index contributed by atoms with van der Waals surface area (Å²) in [7, 11) is 0. The van der Waals surface area contributed by atoms with Gasteiger partial charge in [-0.3, -0.25) is 4.90 Å². The number of rotatable bonds is 4. The van der Waals surface area contributed by atoms with Crippen LogP contribution in [0.5, 0.6) is 0 Å². The molecule has 1 aliphatic heterocycles. The maximum atomic E-state index is 5.34. The van der Waals surface area contributed by atoms with Crippen molar-refractivity contribution in [3.8, 4) is 0 Å². The lowest BCUT2D eigenvalue weighted by atomic mass is 10.1. The highest BCUT2D eigenvalue weighted by Gasteiger charge is 2.19. The minimum atomic E-state index is 0.541. The van der Waals surface area contributed by atoms with E-state index >= 15 is 0 Å². The maximum Gasteiger partial charge on any atom is 0.0259 e. The van der Waals surface area contributed by atoms with Gasteiger partial charge in [0, 0.05) is 32.2 Å². The third-order valence-corrected chi connectivity index (χ3v) is 2.49. The van der Waals surface area contributed by atoms with Crippen LogP contribution in [-0.2, 0) is 0 Å². The average Bonchev–Trinajstić information content (AvgIpc) is 2.24.